The van der Waals surface area contributed by atoms with Crippen molar-refractivity contribution in [2.75, 3.05) is 6.54 Å². The zero-order chi connectivity index (χ0) is 21.5. The number of alkyl carbamates (subject to hydrolysis) is 1. The van der Waals surface area contributed by atoms with Crippen LogP contribution in [0.2, 0.25) is 0 Å². The molecule has 0 aliphatic rings. The second-order valence-corrected chi connectivity index (χ2v) is 6.32. The number of hydrogen-bond acceptors (Lipinski definition) is 5. The third-order valence-corrected chi connectivity index (χ3v) is 4.29. The number of carbonyl (C=O) groups excluding carboxylic acids is 1. The first-order valence-electron chi connectivity index (χ1n) is 9.21. The topological polar surface area (TPSA) is 111 Å². The van der Waals surface area contributed by atoms with E-state index in [4.69, 9.17) is 4.74 Å². The summed E-state index contributed by atoms with van der Waals surface area (Å²) in [4.78, 5) is 42.6. The van der Waals surface area contributed by atoms with Gasteiger partial charge in [0.25, 0.3) is 5.56 Å². The molecule has 0 radical (unpaired) electrons. The Labute approximate surface area is 172 Å². The molecule has 2 N–H and O–H groups in total. The Balaban J connectivity index is 1.72. The number of hydrogen-bond donors (Lipinski definition) is 2. The van der Waals surface area contributed by atoms with Crippen molar-refractivity contribution in [1.29, 1.82) is 0 Å². The molecule has 0 bridgehead atoms. The normalized spacial score (nSPS) is 10.7. The van der Waals surface area contributed by atoms with Gasteiger partial charge in [-0.25, -0.2) is 14.6 Å². The summed E-state index contributed by atoms with van der Waals surface area (Å²) in [6.07, 6.45) is 2.78. The van der Waals surface area contributed by atoms with E-state index in [0.717, 1.165) is 5.56 Å². The van der Waals surface area contributed by atoms with Crippen molar-refractivity contribution in [3.8, 4) is 11.8 Å². The van der Waals surface area contributed by atoms with E-state index in [1.165, 1.54) is 11.6 Å². The largest absolute Gasteiger partial charge is 0.445 e. The van der Waals surface area contributed by atoms with Gasteiger partial charge in [-0.05, 0) is 18.6 Å². The molecule has 0 saturated carbocycles. The lowest BCUT2D eigenvalue weighted by Gasteiger charge is -2.05. The van der Waals surface area contributed by atoms with Crippen LogP contribution in [-0.4, -0.2) is 31.7 Å². The van der Waals surface area contributed by atoms with Crippen LogP contribution in [0.3, 0.4) is 0 Å². The van der Waals surface area contributed by atoms with Gasteiger partial charge in [-0.15, -0.1) is 5.92 Å². The number of nitrogens with zero attached hydrogens (tertiary/aromatic N) is 3. The van der Waals surface area contributed by atoms with E-state index in [2.05, 4.69) is 27.1 Å². The van der Waals surface area contributed by atoms with Crippen LogP contribution in [0.5, 0.6) is 0 Å². The van der Waals surface area contributed by atoms with Crippen LogP contribution in [0.25, 0.3) is 17.2 Å². The van der Waals surface area contributed by atoms with Gasteiger partial charge in [0.05, 0.1) is 6.54 Å². The summed E-state index contributed by atoms with van der Waals surface area (Å²) in [5.74, 6) is 6.11. The lowest BCUT2D eigenvalue weighted by molar-refractivity contribution is 0.141. The predicted octanol–water partition coefficient (Wildman–Crippen LogP) is 1.39. The van der Waals surface area contributed by atoms with Crippen molar-refractivity contribution >= 4 is 23.3 Å². The van der Waals surface area contributed by atoms with Crippen molar-refractivity contribution in [2.24, 2.45) is 7.05 Å². The molecule has 3 rings (SSSR count). The molecule has 0 atom stereocenters. The number of benzene rings is 1. The molecule has 0 unspecified atom stereocenters. The average Bonchev–Trinajstić information content (AvgIpc) is 3.12. The second kappa shape index (κ2) is 9.43. The Hall–Kier alpha value is -4.06. The fourth-order valence-electron chi connectivity index (χ4n) is 2.78. The highest BCUT2D eigenvalue weighted by atomic mass is 16.5. The molecule has 154 valence electrons. The number of nitrogens with one attached hydrogen (secondary N) is 2. The van der Waals surface area contributed by atoms with Crippen molar-refractivity contribution in [2.45, 2.75) is 20.1 Å². The Morgan fingerprint density at radius 3 is 2.80 bits per heavy atom. The maximum Gasteiger partial charge on any atom is 0.407 e. The van der Waals surface area contributed by atoms with E-state index in [0.29, 0.717) is 5.82 Å². The number of carbonyl (C=O) groups is 1. The van der Waals surface area contributed by atoms with E-state index in [9.17, 15) is 14.4 Å². The number of amides is 1. The van der Waals surface area contributed by atoms with Gasteiger partial charge in [0, 0.05) is 13.6 Å². The molecule has 1 amide bonds. The van der Waals surface area contributed by atoms with Gasteiger partial charge in [0.15, 0.2) is 11.2 Å². The summed E-state index contributed by atoms with van der Waals surface area (Å²) < 4.78 is 8.03. The monoisotopic (exact) mass is 407 g/mol. The van der Waals surface area contributed by atoms with E-state index < -0.39 is 17.3 Å². The second-order valence-electron chi connectivity index (χ2n) is 6.32. The Morgan fingerprint density at radius 1 is 1.30 bits per heavy atom. The summed E-state index contributed by atoms with van der Waals surface area (Å²) >= 11 is 0. The number of H-pyrrole nitrogens is 1. The summed E-state index contributed by atoms with van der Waals surface area (Å²) in [7, 11) is 1.53. The summed E-state index contributed by atoms with van der Waals surface area (Å²) in [6, 6.07) is 9.36. The van der Waals surface area contributed by atoms with E-state index in [1.54, 1.807) is 23.6 Å². The number of aryl methyl sites for hydroxylation is 1. The van der Waals surface area contributed by atoms with Crippen LogP contribution >= 0.6 is 0 Å². The highest BCUT2D eigenvalue weighted by Crippen LogP contribution is 2.12. The molecule has 1 aromatic carbocycles. The Kier molecular flexibility index (Phi) is 6.49. The third kappa shape index (κ3) is 4.67. The molecule has 0 aliphatic heterocycles. The van der Waals surface area contributed by atoms with Crippen LogP contribution in [0.15, 0.2) is 46.0 Å². The number of aromatic nitrogens is 4. The van der Waals surface area contributed by atoms with Gasteiger partial charge < -0.3 is 14.6 Å². The van der Waals surface area contributed by atoms with Crippen molar-refractivity contribution in [3.05, 3.63) is 68.6 Å². The van der Waals surface area contributed by atoms with E-state index in [-0.39, 0.29) is 30.9 Å². The number of fused-ring (bicyclic) bond motifs is 1. The molecule has 0 fully saturated rings. The lowest BCUT2D eigenvalue weighted by atomic mass is 10.2. The van der Waals surface area contributed by atoms with Crippen LogP contribution in [0.1, 0.15) is 18.3 Å². The van der Waals surface area contributed by atoms with Crippen molar-refractivity contribution in [1.82, 2.24) is 24.4 Å². The molecule has 0 spiro atoms. The minimum absolute atomic E-state index is 0.179. The molecule has 2 aromatic heterocycles. The first-order chi connectivity index (χ1) is 14.5. The van der Waals surface area contributed by atoms with Gasteiger partial charge in [-0.3, -0.25) is 14.3 Å². The van der Waals surface area contributed by atoms with Crippen LogP contribution in [0.4, 0.5) is 4.79 Å². The average molecular weight is 407 g/mol. The fraction of sp³-hybridized carbons (Fsp3) is 0.238. The molecule has 30 heavy (non-hydrogen) atoms. The SMILES string of the molecule is CC#CCn1c(C=CCNC(=O)OCc2ccccc2)nc2c1c(=O)[nH]c(=O)n2C. The standard InChI is InChI=1S/C21H21N5O4/c1-3-4-13-26-16(23-18-17(26)19(27)24-20(28)25(18)2)11-8-12-22-21(29)30-14-15-9-6-5-7-10-15/h5-11H,12-14H2,1-2H3,(H,22,29)(H,24,27,28). The molecule has 0 aliphatic carbocycles. The maximum atomic E-state index is 12.3. The summed E-state index contributed by atoms with van der Waals surface area (Å²) in [5.41, 5.74) is 0.342. The van der Waals surface area contributed by atoms with Gasteiger partial charge in [0.2, 0.25) is 0 Å². The highest BCUT2D eigenvalue weighted by molar-refractivity contribution is 5.73. The van der Waals surface area contributed by atoms with Crippen LogP contribution in [-0.2, 0) is 24.9 Å². The quantitative estimate of drug-likeness (QED) is 0.600. The fourth-order valence-corrected chi connectivity index (χ4v) is 2.78. The van der Waals surface area contributed by atoms with Crippen LogP contribution < -0.4 is 16.6 Å². The predicted molar refractivity (Wildman–Crippen MR) is 113 cm³/mol. The smallest absolute Gasteiger partial charge is 0.407 e. The number of ether oxygens (including phenoxy) is 1. The number of imidazole rings is 1. The molecule has 0 saturated heterocycles. The number of rotatable bonds is 6. The van der Waals surface area contributed by atoms with Gasteiger partial charge in [0.1, 0.15) is 12.4 Å². The van der Waals surface area contributed by atoms with Crippen molar-refractivity contribution in [3.63, 3.8) is 0 Å². The Bertz CT molecular complexity index is 1260. The first-order valence-corrected chi connectivity index (χ1v) is 9.21. The van der Waals surface area contributed by atoms with Crippen LogP contribution in [0, 0.1) is 11.8 Å². The number of aromatic amines is 1. The minimum atomic E-state index is -0.548. The van der Waals surface area contributed by atoms with Gasteiger partial charge in [-0.1, -0.05) is 42.3 Å². The molecule has 9 nitrogen and oxygen atoms in total. The van der Waals surface area contributed by atoms with E-state index in [1.807, 2.05) is 30.3 Å². The zero-order valence-corrected chi connectivity index (χ0v) is 16.6. The lowest BCUT2D eigenvalue weighted by Crippen LogP contribution is -2.29. The highest BCUT2D eigenvalue weighted by Gasteiger charge is 2.15. The first kappa shape index (κ1) is 20.7. The third-order valence-electron chi connectivity index (χ3n) is 4.29. The van der Waals surface area contributed by atoms with Crippen molar-refractivity contribution < 1.29 is 9.53 Å². The van der Waals surface area contributed by atoms with E-state index >= 15 is 0 Å². The molecule has 2 heterocycles. The molecule has 3 aromatic rings. The summed E-state index contributed by atoms with van der Waals surface area (Å²) in [6.45, 7) is 2.31. The summed E-state index contributed by atoms with van der Waals surface area (Å²) in [5, 5.41) is 2.62. The molecular weight excluding hydrogens is 386 g/mol. The minimum Gasteiger partial charge on any atom is -0.445 e. The molecule has 9 heteroatoms. The molecular formula is C21H21N5O4. The van der Waals surface area contributed by atoms with Gasteiger partial charge >= 0.3 is 11.8 Å². The Morgan fingerprint density at radius 2 is 2.07 bits per heavy atom. The van der Waals surface area contributed by atoms with Gasteiger partial charge in [-0.2, -0.15) is 0 Å². The maximum absolute atomic E-state index is 12.3. The zero-order valence-electron chi connectivity index (χ0n) is 16.6.